The zero-order valence-corrected chi connectivity index (χ0v) is 26.2. The Morgan fingerprint density at radius 1 is 0.974 bits per heavy atom. The van der Waals surface area contributed by atoms with Crippen LogP contribution in [0.2, 0.25) is 0 Å². The standard InChI is InChI=1S/C23H28IN5O6S2.C2H6/c1-3-25-20(31)17-5-7-19(29(34)23(17)36-12-13-37-24)22(33)27-9-11-35-10-8-26-21(32)18-6-4-16(14-28-18)15(2)30;1-2/h4-7,14H,3,8-13H2,1-2H3,(H3-,25,26,27,31,32,33,34);1-2H3/p+1. The van der Waals surface area contributed by atoms with Crippen LogP contribution in [0, 0.1) is 0 Å². The number of nitrogens with zero attached hydrogens (tertiary/aromatic N) is 2. The smallest absolute Gasteiger partial charge is 0.322 e. The SMILES string of the molecule is CC.CCNC(=O)c1ccc(C(=O)NCCOCCNC(=O)c2ccc(C(C)=O)cn2)[n+](O)c1SCCSI. The molecule has 0 saturated carbocycles. The number of aromatic nitrogens is 2. The van der Waals surface area contributed by atoms with E-state index in [9.17, 15) is 24.4 Å². The Balaban J connectivity index is 0.00000371. The highest BCUT2D eigenvalue weighted by Gasteiger charge is 2.29. The fraction of sp³-hybridized carbons (Fsp3) is 0.440. The van der Waals surface area contributed by atoms with Crippen molar-refractivity contribution in [1.82, 2.24) is 20.9 Å². The van der Waals surface area contributed by atoms with E-state index in [2.05, 4.69) is 42.1 Å². The van der Waals surface area contributed by atoms with Gasteiger partial charge in [-0.1, -0.05) is 34.5 Å². The van der Waals surface area contributed by atoms with Gasteiger partial charge in [-0.25, -0.2) is 0 Å². The molecular weight excluding hydrogens is 657 g/mol. The van der Waals surface area contributed by atoms with Crippen molar-refractivity contribution in [3.63, 3.8) is 0 Å². The molecule has 2 aromatic heterocycles. The maximum absolute atomic E-state index is 12.6. The normalized spacial score (nSPS) is 10.2. The van der Waals surface area contributed by atoms with E-state index in [4.69, 9.17) is 4.74 Å². The molecule has 0 bridgehead atoms. The summed E-state index contributed by atoms with van der Waals surface area (Å²) in [5.74, 6) is 0.0854. The Hall–Kier alpha value is -2.43. The zero-order valence-electron chi connectivity index (χ0n) is 22.4. The highest BCUT2D eigenvalue weighted by Crippen LogP contribution is 2.22. The quantitative estimate of drug-likeness (QED) is 0.0552. The third kappa shape index (κ3) is 11.7. The van der Waals surface area contributed by atoms with Gasteiger partial charge in [0.25, 0.3) is 11.8 Å². The average Bonchev–Trinajstić information content (AvgIpc) is 2.94. The highest BCUT2D eigenvalue weighted by molar-refractivity contribution is 14.2. The van der Waals surface area contributed by atoms with E-state index in [-0.39, 0.29) is 55.3 Å². The molecule has 0 radical (unpaired) electrons. The number of carbonyl (C=O) groups excluding carboxylic acids is 4. The number of hydrogen-bond acceptors (Lipinski definition) is 9. The lowest BCUT2D eigenvalue weighted by Crippen LogP contribution is -2.46. The van der Waals surface area contributed by atoms with Crippen molar-refractivity contribution in [1.29, 1.82) is 0 Å². The van der Waals surface area contributed by atoms with Crippen LogP contribution in [0.1, 0.15) is 69.4 Å². The largest absolute Gasteiger partial charge is 0.378 e. The third-order valence-corrected chi connectivity index (χ3v) is 7.75. The molecule has 2 rings (SSSR count). The van der Waals surface area contributed by atoms with Gasteiger partial charge >= 0.3 is 16.6 Å². The maximum Gasteiger partial charge on any atom is 0.322 e. The van der Waals surface area contributed by atoms with Crippen LogP contribution >= 0.6 is 41.9 Å². The number of ether oxygens (including phenoxy) is 1. The van der Waals surface area contributed by atoms with Gasteiger partial charge in [0.2, 0.25) is 0 Å². The van der Waals surface area contributed by atoms with Gasteiger partial charge in [0.15, 0.2) is 5.78 Å². The van der Waals surface area contributed by atoms with Crippen molar-refractivity contribution >= 4 is 65.4 Å². The van der Waals surface area contributed by atoms with Crippen molar-refractivity contribution in [2.24, 2.45) is 0 Å². The van der Waals surface area contributed by atoms with E-state index in [1.165, 1.54) is 43.1 Å². The summed E-state index contributed by atoms with van der Waals surface area (Å²) in [7, 11) is 1.61. The number of rotatable bonds is 15. The third-order valence-electron chi connectivity index (χ3n) is 4.74. The predicted octanol–water partition coefficient (Wildman–Crippen LogP) is 2.94. The molecule has 0 aliphatic rings. The Bertz CT molecular complexity index is 1110. The molecule has 0 unspecified atom stereocenters. The van der Waals surface area contributed by atoms with Crippen LogP contribution in [0.5, 0.6) is 0 Å². The molecule has 0 fully saturated rings. The minimum absolute atomic E-state index is 0.00627. The van der Waals surface area contributed by atoms with Gasteiger partial charge in [-0.2, -0.15) is 0 Å². The lowest BCUT2D eigenvalue weighted by molar-refractivity contribution is -0.933. The second-order valence-electron chi connectivity index (χ2n) is 7.38. The molecule has 3 amide bonds. The van der Waals surface area contributed by atoms with Crippen LogP contribution in [0.3, 0.4) is 0 Å². The van der Waals surface area contributed by atoms with E-state index in [1.807, 2.05) is 13.8 Å². The van der Waals surface area contributed by atoms with Gasteiger partial charge in [0, 0.05) is 53.7 Å². The predicted molar refractivity (Wildman–Crippen MR) is 160 cm³/mol. The van der Waals surface area contributed by atoms with Gasteiger partial charge in [-0.15, -0.1) is 0 Å². The summed E-state index contributed by atoms with van der Waals surface area (Å²) in [6, 6.07) is 5.93. The monoisotopic (exact) mass is 692 g/mol. The lowest BCUT2D eigenvalue weighted by Gasteiger charge is -2.09. The molecule has 0 aliphatic carbocycles. The fourth-order valence-corrected chi connectivity index (χ4v) is 5.86. The number of carbonyl (C=O) groups is 4. The Kier molecular flexibility index (Phi) is 17.4. The summed E-state index contributed by atoms with van der Waals surface area (Å²) in [6.45, 7) is 8.47. The van der Waals surface area contributed by atoms with Crippen molar-refractivity contribution in [3.8, 4) is 0 Å². The Morgan fingerprint density at radius 2 is 1.64 bits per heavy atom. The summed E-state index contributed by atoms with van der Waals surface area (Å²) in [5, 5.41) is 19.0. The van der Waals surface area contributed by atoms with Crippen LogP contribution in [-0.4, -0.2) is 78.0 Å². The summed E-state index contributed by atoms with van der Waals surface area (Å²) in [5.41, 5.74) is 0.906. The minimum atomic E-state index is -0.521. The Labute approximate surface area is 249 Å². The first-order valence-electron chi connectivity index (χ1n) is 12.3. The van der Waals surface area contributed by atoms with E-state index in [1.54, 1.807) is 21.9 Å². The number of thioether (sulfide) groups is 1. The first-order chi connectivity index (χ1) is 18.8. The topological polar surface area (TPSA) is 151 Å². The van der Waals surface area contributed by atoms with Crippen molar-refractivity contribution in [3.05, 3.63) is 53.0 Å². The number of hydrogen-bond donors (Lipinski definition) is 4. The summed E-state index contributed by atoms with van der Waals surface area (Å²) in [4.78, 5) is 52.3. The van der Waals surface area contributed by atoms with E-state index < -0.39 is 5.91 Å². The van der Waals surface area contributed by atoms with Crippen LogP contribution in [0.4, 0.5) is 0 Å². The van der Waals surface area contributed by atoms with Gasteiger partial charge in [0.05, 0.1) is 13.2 Å². The molecule has 0 saturated heterocycles. The van der Waals surface area contributed by atoms with Crippen LogP contribution in [0.15, 0.2) is 35.5 Å². The van der Waals surface area contributed by atoms with Gasteiger partial charge < -0.3 is 20.7 Å². The van der Waals surface area contributed by atoms with E-state index >= 15 is 0 Å². The number of pyridine rings is 2. The highest BCUT2D eigenvalue weighted by atomic mass is 127. The molecule has 39 heavy (non-hydrogen) atoms. The molecule has 11 nitrogen and oxygen atoms in total. The minimum Gasteiger partial charge on any atom is -0.378 e. The average molecular weight is 693 g/mol. The summed E-state index contributed by atoms with van der Waals surface area (Å²) in [6.07, 6.45) is 1.35. The molecule has 214 valence electrons. The maximum atomic E-state index is 12.6. The second-order valence-corrected chi connectivity index (χ2v) is 11.0. The van der Waals surface area contributed by atoms with Gasteiger partial charge in [-0.05, 0) is 53.3 Å². The molecule has 0 aromatic carbocycles. The van der Waals surface area contributed by atoms with E-state index in [0.717, 1.165) is 10.5 Å². The van der Waals surface area contributed by atoms with Crippen molar-refractivity contribution in [2.45, 2.75) is 32.7 Å². The molecule has 0 atom stereocenters. The number of amides is 3. The molecule has 2 heterocycles. The van der Waals surface area contributed by atoms with Gasteiger partial charge in [0.1, 0.15) is 11.3 Å². The number of nitrogens with one attached hydrogen (secondary N) is 3. The van der Waals surface area contributed by atoms with Gasteiger partial charge in [-0.3, -0.25) is 29.4 Å². The first kappa shape index (κ1) is 34.6. The van der Waals surface area contributed by atoms with Crippen molar-refractivity contribution in [2.75, 3.05) is 44.4 Å². The number of halogens is 1. The lowest BCUT2D eigenvalue weighted by atomic mass is 10.2. The van der Waals surface area contributed by atoms with E-state index in [0.29, 0.717) is 28.5 Å². The van der Waals surface area contributed by atoms with Crippen LogP contribution in [-0.2, 0) is 4.74 Å². The molecule has 4 N–H and O–H groups in total. The fourth-order valence-electron chi connectivity index (χ4n) is 2.93. The molecule has 0 aliphatic heterocycles. The molecule has 2 aromatic rings. The molecule has 14 heteroatoms. The van der Waals surface area contributed by atoms with Crippen molar-refractivity contribution < 1.29 is 33.9 Å². The van der Waals surface area contributed by atoms with Crippen LogP contribution < -0.4 is 20.7 Å². The summed E-state index contributed by atoms with van der Waals surface area (Å²) >= 11 is 3.46. The second kappa shape index (κ2) is 19.6. The Morgan fingerprint density at radius 3 is 2.21 bits per heavy atom. The molecular formula is C25H35IN5O6S2+. The first-order valence-corrected chi connectivity index (χ1v) is 16.9. The zero-order chi connectivity index (χ0) is 29.2. The number of ketones is 1. The summed E-state index contributed by atoms with van der Waals surface area (Å²) < 4.78 is 6.18. The van der Waals surface area contributed by atoms with Crippen LogP contribution in [0.25, 0.3) is 0 Å². The number of Topliss-reactive ketones (excluding diaryl/α,β-unsaturated/α-hetero) is 1. The molecule has 0 spiro atoms.